The summed E-state index contributed by atoms with van der Waals surface area (Å²) >= 11 is 0. The van der Waals surface area contributed by atoms with Gasteiger partial charge in [0.25, 0.3) is 5.91 Å². The van der Waals surface area contributed by atoms with Gasteiger partial charge in [0.1, 0.15) is 0 Å². The summed E-state index contributed by atoms with van der Waals surface area (Å²) in [6.07, 6.45) is -0.0758. The number of hydrogen-bond acceptors (Lipinski definition) is 5. The van der Waals surface area contributed by atoms with Gasteiger partial charge < -0.3 is 19.2 Å². The number of methoxy groups -OCH3 is 2. The first-order valence-electron chi connectivity index (χ1n) is 7.38. The van der Waals surface area contributed by atoms with E-state index in [9.17, 15) is 4.79 Å². The van der Waals surface area contributed by atoms with Crippen LogP contribution in [0.2, 0.25) is 0 Å². The van der Waals surface area contributed by atoms with Crippen molar-refractivity contribution < 1.29 is 19.1 Å². The molecule has 1 heterocycles. The summed E-state index contributed by atoms with van der Waals surface area (Å²) in [4.78, 5) is 19.4. The maximum Gasteiger partial charge on any atom is 0.266 e. The van der Waals surface area contributed by atoms with Crippen LogP contribution in [0, 0.1) is 0 Å². The van der Waals surface area contributed by atoms with E-state index in [1.165, 1.54) is 0 Å². The molecule has 0 aliphatic carbocycles. The van der Waals surface area contributed by atoms with Crippen molar-refractivity contribution in [2.24, 2.45) is 5.16 Å². The highest BCUT2D eigenvalue weighted by atomic mass is 16.6. The van der Waals surface area contributed by atoms with Crippen molar-refractivity contribution in [1.82, 2.24) is 4.90 Å². The van der Waals surface area contributed by atoms with Gasteiger partial charge in [0, 0.05) is 25.1 Å². The van der Waals surface area contributed by atoms with E-state index in [1.54, 1.807) is 19.1 Å². The minimum Gasteiger partial charge on any atom is -0.493 e. The quantitative estimate of drug-likeness (QED) is 0.807. The Bertz CT molecular complexity index is 567. The Morgan fingerprint density at radius 1 is 1.27 bits per heavy atom. The lowest BCUT2D eigenvalue weighted by Crippen LogP contribution is -2.39. The molecule has 1 atom stereocenters. The number of likely N-dealkylation sites (N-methyl/N-ethyl adjacent to an activating group) is 1. The molecule has 0 unspecified atom stereocenters. The fraction of sp³-hybridized carbons (Fsp3) is 0.500. The summed E-state index contributed by atoms with van der Waals surface area (Å²) in [5, 5.41) is 4.06. The summed E-state index contributed by atoms with van der Waals surface area (Å²) in [6, 6.07) is 5.54. The van der Waals surface area contributed by atoms with Gasteiger partial charge in [0.05, 0.1) is 19.9 Å². The molecule has 0 fully saturated rings. The van der Waals surface area contributed by atoms with Crippen molar-refractivity contribution in [2.75, 3.05) is 27.3 Å². The van der Waals surface area contributed by atoms with Gasteiger partial charge in [-0.1, -0.05) is 5.16 Å². The van der Waals surface area contributed by atoms with Crippen LogP contribution in [0.1, 0.15) is 25.8 Å². The van der Waals surface area contributed by atoms with E-state index < -0.39 is 6.10 Å². The molecule has 0 radical (unpaired) electrons. The standard InChI is InChI=1S/C16H22N2O4/c1-5-18(6-2)16(19)15-10-12(17-22-15)11-7-8-13(20-3)14(9-11)21-4/h7-9,15H,5-6,10H2,1-4H3/t15-/m1/s1. The molecule has 6 heteroatoms. The molecule has 120 valence electrons. The lowest BCUT2D eigenvalue weighted by atomic mass is 10.0. The lowest BCUT2D eigenvalue weighted by Gasteiger charge is -2.21. The Hall–Kier alpha value is -2.24. The van der Waals surface area contributed by atoms with E-state index >= 15 is 0 Å². The number of amides is 1. The largest absolute Gasteiger partial charge is 0.493 e. The van der Waals surface area contributed by atoms with Gasteiger partial charge in [0.2, 0.25) is 6.10 Å². The van der Waals surface area contributed by atoms with Crippen LogP contribution in [-0.2, 0) is 9.63 Å². The molecular formula is C16H22N2O4. The van der Waals surface area contributed by atoms with Crippen molar-refractivity contribution in [3.8, 4) is 11.5 Å². The zero-order valence-electron chi connectivity index (χ0n) is 13.5. The van der Waals surface area contributed by atoms with Gasteiger partial charge in [-0.3, -0.25) is 4.79 Å². The first-order chi connectivity index (χ1) is 10.6. The van der Waals surface area contributed by atoms with Gasteiger partial charge in [0.15, 0.2) is 11.5 Å². The van der Waals surface area contributed by atoms with Crippen LogP contribution >= 0.6 is 0 Å². The molecule has 0 N–H and O–H groups in total. The van der Waals surface area contributed by atoms with Crippen LogP contribution in [0.25, 0.3) is 0 Å². The SMILES string of the molecule is CCN(CC)C(=O)[C@H]1CC(c2ccc(OC)c(OC)c2)=NO1. The molecule has 2 rings (SSSR count). The van der Waals surface area contributed by atoms with Gasteiger partial charge in [-0.05, 0) is 32.0 Å². The average molecular weight is 306 g/mol. The normalized spacial score (nSPS) is 16.7. The zero-order chi connectivity index (χ0) is 16.1. The fourth-order valence-electron chi connectivity index (χ4n) is 2.43. The third-order valence-electron chi connectivity index (χ3n) is 3.74. The Morgan fingerprint density at radius 2 is 1.95 bits per heavy atom. The number of ether oxygens (including phenoxy) is 2. The molecule has 1 aromatic carbocycles. The van der Waals surface area contributed by atoms with Gasteiger partial charge in [-0.25, -0.2) is 0 Å². The van der Waals surface area contributed by atoms with Crippen LogP contribution < -0.4 is 9.47 Å². The van der Waals surface area contributed by atoms with Crippen molar-refractivity contribution in [3.05, 3.63) is 23.8 Å². The Balaban J connectivity index is 2.11. The van der Waals surface area contributed by atoms with E-state index in [0.29, 0.717) is 31.0 Å². The molecule has 0 spiro atoms. The Labute approximate surface area is 130 Å². The predicted molar refractivity (Wildman–Crippen MR) is 83.5 cm³/mol. The molecule has 0 aromatic heterocycles. The third-order valence-corrected chi connectivity index (χ3v) is 3.74. The number of hydrogen-bond donors (Lipinski definition) is 0. The smallest absolute Gasteiger partial charge is 0.266 e. The third kappa shape index (κ3) is 3.16. The Kier molecular flexibility index (Phi) is 5.25. The van der Waals surface area contributed by atoms with E-state index in [1.807, 2.05) is 32.0 Å². The molecule has 22 heavy (non-hydrogen) atoms. The molecule has 1 aromatic rings. The van der Waals surface area contributed by atoms with Crippen molar-refractivity contribution in [3.63, 3.8) is 0 Å². The van der Waals surface area contributed by atoms with Crippen LogP contribution in [-0.4, -0.2) is 49.9 Å². The first-order valence-corrected chi connectivity index (χ1v) is 7.38. The maximum atomic E-state index is 12.3. The topological polar surface area (TPSA) is 60.4 Å². The molecule has 0 bridgehead atoms. The molecule has 0 saturated carbocycles. The van der Waals surface area contributed by atoms with E-state index in [2.05, 4.69) is 5.16 Å². The van der Waals surface area contributed by atoms with E-state index in [4.69, 9.17) is 14.3 Å². The predicted octanol–water partition coefficient (Wildman–Crippen LogP) is 2.07. The van der Waals surface area contributed by atoms with Gasteiger partial charge >= 0.3 is 0 Å². The monoisotopic (exact) mass is 306 g/mol. The minimum atomic E-state index is -0.539. The molecular weight excluding hydrogens is 284 g/mol. The van der Waals surface area contributed by atoms with Gasteiger partial charge in [-0.15, -0.1) is 0 Å². The summed E-state index contributed by atoms with van der Waals surface area (Å²) in [6.45, 7) is 5.24. The molecule has 1 aliphatic rings. The second-order valence-electron chi connectivity index (χ2n) is 4.92. The van der Waals surface area contributed by atoms with E-state index in [-0.39, 0.29) is 5.91 Å². The lowest BCUT2D eigenvalue weighted by molar-refractivity contribution is -0.141. The number of nitrogens with zero attached hydrogens (tertiary/aromatic N) is 2. The van der Waals surface area contributed by atoms with Crippen molar-refractivity contribution >= 4 is 11.6 Å². The summed E-state index contributed by atoms with van der Waals surface area (Å²) in [5.74, 6) is 1.26. The van der Waals surface area contributed by atoms with E-state index in [0.717, 1.165) is 11.3 Å². The number of rotatable bonds is 6. The second kappa shape index (κ2) is 7.15. The highest BCUT2D eigenvalue weighted by Crippen LogP contribution is 2.29. The molecule has 1 aliphatic heterocycles. The van der Waals surface area contributed by atoms with Crippen LogP contribution in [0.4, 0.5) is 0 Å². The van der Waals surface area contributed by atoms with Crippen molar-refractivity contribution in [2.45, 2.75) is 26.4 Å². The molecule has 1 amide bonds. The highest BCUT2D eigenvalue weighted by molar-refractivity contribution is 6.04. The second-order valence-corrected chi connectivity index (χ2v) is 4.92. The summed E-state index contributed by atoms with van der Waals surface area (Å²) in [7, 11) is 3.17. The maximum absolute atomic E-state index is 12.3. The summed E-state index contributed by atoms with van der Waals surface area (Å²) < 4.78 is 10.5. The first kappa shape index (κ1) is 16.1. The Morgan fingerprint density at radius 3 is 2.55 bits per heavy atom. The number of benzene rings is 1. The van der Waals surface area contributed by atoms with Crippen molar-refractivity contribution in [1.29, 1.82) is 0 Å². The number of carbonyl (C=O) groups excluding carboxylic acids is 1. The molecule has 6 nitrogen and oxygen atoms in total. The van der Waals surface area contributed by atoms with Gasteiger partial charge in [-0.2, -0.15) is 0 Å². The van der Waals surface area contributed by atoms with Crippen LogP contribution in [0.15, 0.2) is 23.4 Å². The van der Waals surface area contributed by atoms with Crippen LogP contribution in [0.3, 0.4) is 0 Å². The number of oxime groups is 1. The minimum absolute atomic E-state index is 0.0239. The average Bonchev–Trinajstić information content (AvgIpc) is 3.05. The van der Waals surface area contributed by atoms with Crippen LogP contribution in [0.5, 0.6) is 11.5 Å². The fourth-order valence-corrected chi connectivity index (χ4v) is 2.43. The number of carbonyl (C=O) groups is 1. The zero-order valence-corrected chi connectivity index (χ0v) is 13.5. The summed E-state index contributed by atoms with van der Waals surface area (Å²) in [5.41, 5.74) is 1.61. The highest BCUT2D eigenvalue weighted by Gasteiger charge is 2.31. The molecule has 0 saturated heterocycles.